The lowest BCUT2D eigenvalue weighted by molar-refractivity contribution is -0.140. The van der Waals surface area contributed by atoms with Crippen molar-refractivity contribution in [3.8, 4) is 0 Å². The van der Waals surface area contributed by atoms with Gasteiger partial charge in [0.05, 0.1) is 0 Å². The summed E-state index contributed by atoms with van der Waals surface area (Å²) in [6.45, 7) is 5.38. The molecule has 2 saturated heterocycles. The van der Waals surface area contributed by atoms with Gasteiger partial charge < -0.3 is 15.5 Å². The lowest BCUT2D eigenvalue weighted by Crippen LogP contribution is -2.55. The smallest absolute Gasteiger partial charge is 0.225 e. The summed E-state index contributed by atoms with van der Waals surface area (Å²) in [6, 6.07) is 1.01. The van der Waals surface area contributed by atoms with Gasteiger partial charge in [0.25, 0.3) is 0 Å². The van der Waals surface area contributed by atoms with Crippen LogP contribution in [0, 0.1) is 17.8 Å². The van der Waals surface area contributed by atoms with E-state index < -0.39 is 0 Å². The first-order chi connectivity index (χ1) is 10.1. The van der Waals surface area contributed by atoms with Crippen molar-refractivity contribution in [2.24, 2.45) is 23.5 Å². The number of carbonyl (C=O) groups excluding carboxylic acids is 1. The van der Waals surface area contributed by atoms with E-state index in [-0.39, 0.29) is 5.92 Å². The fourth-order valence-electron chi connectivity index (χ4n) is 4.75. The molecule has 4 heteroatoms. The zero-order chi connectivity index (χ0) is 15.0. The monoisotopic (exact) mass is 293 g/mol. The number of hydrogen-bond acceptors (Lipinski definition) is 3. The zero-order valence-corrected chi connectivity index (χ0v) is 13.6. The van der Waals surface area contributed by atoms with Crippen molar-refractivity contribution in [3.05, 3.63) is 0 Å². The second-order valence-electron chi connectivity index (χ2n) is 7.67. The standard InChI is InChI=1S/C17H31N3O/c1-12-10-13(5-6-15(12)18)17(21)20-9-7-16-14(11-20)4-3-8-19(16)2/h12-16H,3-11,18H2,1-2H3. The van der Waals surface area contributed by atoms with Gasteiger partial charge in [-0.1, -0.05) is 6.92 Å². The molecule has 3 aliphatic rings. The average Bonchev–Trinajstić information content (AvgIpc) is 2.49. The normalized spacial score (nSPS) is 41.7. The number of hydrogen-bond donors (Lipinski definition) is 1. The van der Waals surface area contributed by atoms with E-state index in [1.807, 2.05) is 0 Å². The highest BCUT2D eigenvalue weighted by Crippen LogP contribution is 2.33. The summed E-state index contributed by atoms with van der Waals surface area (Å²) in [4.78, 5) is 17.5. The molecule has 0 aromatic carbocycles. The van der Waals surface area contributed by atoms with Gasteiger partial charge in [0.2, 0.25) is 5.91 Å². The molecule has 0 aromatic heterocycles. The Hall–Kier alpha value is -0.610. The van der Waals surface area contributed by atoms with Crippen molar-refractivity contribution in [1.29, 1.82) is 0 Å². The number of carbonyl (C=O) groups is 1. The maximum Gasteiger partial charge on any atom is 0.225 e. The second kappa shape index (κ2) is 6.25. The van der Waals surface area contributed by atoms with Crippen LogP contribution in [0.2, 0.25) is 0 Å². The second-order valence-corrected chi connectivity index (χ2v) is 7.67. The summed E-state index contributed by atoms with van der Waals surface area (Å²) in [6.07, 6.45) is 6.74. The van der Waals surface area contributed by atoms with Crippen molar-refractivity contribution >= 4 is 5.91 Å². The summed E-state index contributed by atoms with van der Waals surface area (Å²) in [7, 11) is 2.25. The quantitative estimate of drug-likeness (QED) is 0.800. The summed E-state index contributed by atoms with van der Waals surface area (Å²) >= 11 is 0. The van der Waals surface area contributed by atoms with Crippen LogP contribution in [-0.2, 0) is 4.79 Å². The third-order valence-electron chi connectivity index (χ3n) is 6.24. The molecule has 1 aliphatic carbocycles. The van der Waals surface area contributed by atoms with E-state index in [1.165, 1.54) is 19.4 Å². The number of likely N-dealkylation sites (tertiary alicyclic amines) is 2. The van der Waals surface area contributed by atoms with Crippen LogP contribution >= 0.6 is 0 Å². The van der Waals surface area contributed by atoms with E-state index in [1.54, 1.807) is 0 Å². The number of nitrogens with zero attached hydrogens (tertiary/aromatic N) is 2. The van der Waals surface area contributed by atoms with Gasteiger partial charge in [-0.2, -0.15) is 0 Å². The van der Waals surface area contributed by atoms with Crippen LogP contribution in [0.15, 0.2) is 0 Å². The number of piperidine rings is 2. The van der Waals surface area contributed by atoms with Gasteiger partial charge in [-0.25, -0.2) is 0 Å². The van der Waals surface area contributed by atoms with Crippen LogP contribution in [0.3, 0.4) is 0 Å². The molecule has 1 saturated carbocycles. The Labute approximate surface area is 129 Å². The Kier molecular flexibility index (Phi) is 4.55. The van der Waals surface area contributed by atoms with Crippen LogP contribution in [0.4, 0.5) is 0 Å². The largest absolute Gasteiger partial charge is 0.342 e. The number of amides is 1. The molecule has 2 N–H and O–H groups in total. The summed E-state index contributed by atoms with van der Waals surface area (Å²) < 4.78 is 0. The highest BCUT2D eigenvalue weighted by atomic mass is 16.2. The number of fused-ring (bicyclic) bond motifs is 1. The number of rotatable bonds is 1. The Morgan fingerprint density at radius 2 is 1.95 bits per heavy atom. The van der Waals surface area contributed by atoms with Crippen molar-refractivity contribution in [2.75, 3.05) is 26.7 Å². The molecule has 120 valence electrons. The van der Waals surface area contributed by atoms with Gasteiger partial charge in [-0.3, -0.25) is 4.79 Å². The Bertz CT molecular complexity index is 386. The molecule has 3 rings (SSSR count). The Morgan fingerprint density at radius 3 is 2.71 bits per heavy atom. The van der Waals surface area contributed by atoms with Crippen molar-refractivity contribution in [3.63, 3.8) is 0 Å². The van der Waals surface area contributed by atoms with Crippen molar-refractivity contribution in [2.45, 2.75) is 57.5 Å². The predicted octanol–water partition coefficient (Wildman–Crippen LogP) is 1.69. The molecular weight excluding hydrogens is 262 g/mol. The van der Waals surface area contributed by atoms with Crippen LogP contribution in [0.25, 0.3) is 0 Å². The minimum absolute atomic E-state index is 0.234. The molecule has 1 amide bonds. The summed E-state index contributed by atoms with van der Waals surface area (Å²) in [5, 5.41) is 0. The molecule has 0 spiro atoms. The molecular formula is C17H31N3O. The summed E-state index contributed by atoms with van der Waals surface area (Å²) in [5.74, 6) is 1.84. The van der Waals surface area contributed by atoms with Gasteiger partial charge >= 0.3 is 0 Å². The molecule has 0 aromatic rings. The zero-order valence-electron chi connectivity index (χ0n) is 13.6. The van der Waals surface area contributed by atoms with E-state index >= 15 is 0 Å². The van der Waals surface area contributed by atoms with E-state index in [0.717, 1.165) is 38.8 Å². The van der Waals surface area contributed by atoms with Crippen molar-refractivity contribution in [1.82, 2.24) is 9.80 Å². The first-order valence-electron chi connectivity index (χ1n) is 8.81. The topological polar surface area (TPSA) is 49.6 Å². The SMILES string of the molecule is CC1CC(C(=O)N2CCC3C(CCCN3C)C2)CCC1N. The van der Waals surface area contributed by atoms with Gasteiger partial charge in [-0.15, -0.1) is 0 Å². The molecule has 4 nitrogen and oxygen atoms in total. The molecule has 0 bridgehead atoms. The number of nitrogens with two attached hydrogens (primary N) is 1. The fraction of sp³-hybridized carbons (Fsp3) is 0.941. The van der Waals surface area contributed by atoms with Crippen LogP contribution in [0.5, 0.6) is 0 Å². The molecule has 3 fully saturated rings. The maximum atomic E-state index is 12.8. The molecule has 5 unspecified atom stereocenters. The van der Waals surface area contributed by atoms with E-state index in [0.29, 0.717) is 29.8 Å². The molecule has 5 atom stereocenters. The highest BCUT2D eigenvalue weighted by molar-refractivity contribution is 5.79. The van der Waals surface area contributed by atoms with E-state index in [9.17, 15) is 4.79 Å². The van der Waals surface area contributed by atoms with E-state index in [2.05, 4.69) is 23.8 Å². The lowest BCUT2D eigenvalue weighted by Gasteiger charge is -2.47. The minimum atomic E-state index is 0.234. The van der Waals surface area contributed by atoms with Gasteiger partial charge in [0.1, 0.15) is 0 Å². The van der Waals surface area contributed by atoms with Crippen LogP contribution < -0.4 is 5.73 Å². The van der Waals surface area contributed by atoms with Crippen LogP contribution in [-0.4, -0.2) is 54.5 Å². The van der Waals surface area contributed by atoms with Crippen LogP contribution in [0.1, 0.15) is 45.4 Å². The molecule has 2 heterocycles. The van der Waals surface area contributed by atoms with Crippen molar-refractivity contribution < 1.29 is 4.79 Å². The molecule has 2 aliphatic heterocycles. The fourth-order valence-corrected chi connectivity index (χ4v) is 4.75. The van der Waals surface area contributed by atoms with Gasteiger partial charge in [-0.05, 0) is 64.0 Å². The maximum absolute atomic E-state index is 12.8. The van der Waals surface area contributed by atoms with E-state index in [4.69, 9.17) is 5.73 Å². The molecule has 21 heavy (non-hydrogen) atoms. The lowest BCUT2D eigenvalue weighted by atomic mass is 9.78. The molecule has 0 radical (unpaired) electrons. The third kappa shape index (κ3) is 3.11. The predicted molar refractivity (Wildman–Crippen MR) is 84.8 cm³/mol. The van der Waals surface area contributed by atoms with Gasteiger partial charge in [0.15, 0.2) is 0 Å². The average molecular weight is 293 g/mol. The summed E-state index contributed by atoms with van der Waals surface area (Å²) in [5.41, 5.74) is 6.09. The third-order valence-corrected chi connectivity index (χ3v) is 6.24. The minimum Gasteiger partial charge on any atom is -0.342 e. The highest BCUT2D eigenvalue weighted by Gasteiger charge is 2.38. The first kappa shape index (κ1) is 15.3. The first-order valence-corrected chi connectivity index (χ1v) is 8.81. The Balaban J connectivity index is 1.59. The van der Waals surface area contributed by atoms with Gasteiger partial charge in [0, 0.05) is 31.1 Å². The Morgan fingerprint density at radius 1 is 1.14 bits per heavy atom.